The van der Waals surface area contributed by atoms with Crippen LogP contribution < -0.4 is 0 Å². The first-order chi connectivity index (χ1) is 10.6. The summed E-state index contributed by atoms with van der Waals surface area (Å²) in [5.74, 6) is 0. The SMILES string of the molecule is O=[N+]([O-])c1ccc2c([N+](=O)[O-])cc3cccc4ccc1c2c43. The van der Waals surface area contributed by atoms with Crippen LogP contribution in [0.15, 0.2) is 48.5 Å². The molecule has 106 valence electrons. The predicted octanol–water partition coefficient (Wildman–Crippen LogP) is 4.40. The lowest BCUT2D eigenvalue weighted by molar-refractivity contribution is -0.383. The van der Waals surface area contributed by atoms with E-state index < -0.39 is 9.85 Å². The average Bonchev–Trinajstić information content (AvgIpc) is 2.51. The van der Waals surface area contributed by atoms with Gasteiger partial charge in [0.05, 0.1) is 20.6 Å². The molecule has 0 unspecified atom stereocenters. The van der Waals surface area contributed by atoms with Gasteiger partial charge >= 0.3 is 0 Å². The summed E-state index contributed by atoms with van der Waals surface area (Å²) in [6.45, 7) is 0. The quantitative estimate of drug-likeness (QED) is 0.311. The van der Waals surface area contributed by atoms with Crippen LogP contribution in [-0.4, -0.2) is 9.85 Å². The summed E-state index contributed by atoms with van der Waals surface area (Å²) < 4.78 is 0. The van der Waals surface area contributed by atoms with E-state index in [1.54, 1.807) is 12.1 Å². The Morgan fingerprint density at radius 3 is 2.05 bits per heavy atom. The van der Waals surface area contributed by atoms with Crippen molar-refractivity contribution in [1.82, 2.24) is 0 Å². The molecule has 0 amide bonds. The molecule has 0 aromatic heterocycles. The summed E-state index contributed by atoms with van der Waals surface area (Å²) in [6, 6.07) is 13.3. The maximum absolute atomic E-state index is 11.3. The molecule has 6 nitrogen and oxygen atoms in total. The van der Waals surface area contributed by atoms with E-state index in [1.165, 1.54) is 18.2 Å². The van der Waals surface area contributed by atoms with Gasteiger partial charge in [-0.05, 0) is 28.3 Å². The molecule has 0 aliphatic heterocycles. The van der Waals surface area contributed by atoms with Crippen molar-refractivity contribution in [2.75, 3.05) is 0 Å². The molecule has 4 rings (SSSR count). The molecule has 0 saturated carbocycles. The number of nitro benzene ring substituents is 2. The molecular formula is C16H8N2O4. The van der Waals surface area contributed by atoms with Gasteiger partial charge in [0.25, 0.3) is 11.4 Å². The highest BCUT2D eigenvalue weighted by Crippen LogP contribution is 2.42. The van der Waals surface area contributed by atoms with E-state index in [0.29, 0.717) is 21.5 Å². The van der Waals surface area contributed by atoms with Crippen LogP contribution in [0.1, 0.15) is 0 Å². The average molecular weight is 292 g/mol. The number of hydrogen-bond acceptors (Lipinski definition) is 4. The third kappa shape index (κ3) is 1.49. The van der Waals surface area contributed by atoms with Gasteiger partial charge in [0, 0.05) is 17.5 Å². The minimum atomic E-state index is -0.461. The fourth-order valence-corrected chi connectivity index (χ4v) is 3.11. The van der Waals surface area contributed by atoms with E-state index in [0.717, 1.165) is 10.8 Å². The summed E-state index contributed by atoms with van der Waals surface area (Å²) in [7, 11) is 0. The van der Waals surface area contributed by atoms with Crippen LogP contribution >= 0.6 is 0 Å². The number of nitrogens with zero attached hydrogens (tertiary/aromatic N) is 2. The van der Waals surface area contributed by atoms with Gasteiger partial charge in [0.1, 0.15) is 0 Å². The summed E-state index contributed by atoms with van der Waals surface area (Å²) in [6.07, 6.45) is 0. The molecule has 0 N–H and O–H groups in total. The molecule has 6 heteroatoms. The third-order valence-corrected chi connectivity index (χ3v) is 3.99. The van der Waals surface area contributed by atoms with Crippen molar-refractivity contribution in [3.05, 3.63) is 68.8 Å². The second-order valence-corrected chi connectivity index (χ2v) is 5.11. The molecule has 0 spiro atoms. The van der Waals surface area contributed by atoms with E-state index in [-0.39, 0.29) is 11.4 Å². The minimum absolute atomic E-state index is 0.0360. The van der Waals surface area contributed by atoms with Gasteiger partial charge in [-0.3, -0.25) is 20.2 Å². The van der Waals surface area contributed by atoms with Gasteiger partial charge in [0.15, 0.2) is 0 Å². The molecule has 0 atom stereocenters. The number of hydrogen-bond donors (Lipinski definition) is 0. The molecule has 0 fully saturated rings. The molecular weight excluding hydrogens is 284 g/mol. The van der Waals surface area contributed by atoms with E-state index in [2.05, 4.69) is 0 Å². The summed E-state index contributed by atoms with van der Waals surface area (Å²) in [5, 5.41) is 26.5. The van der Waals surface area contributed by atoms with Gasteiger partial charge in [-0.25, -0.2) is 0 Å². The molecule has 0 heterocycles. The van der Waals surface area contributed by atoms with E-state index in [9.17, 15) is 20.2 Å². The first-order valence-corrected chi connectivity index (χ1v) is 6.57. The Morgan fingerprint density at radius 2 is 1.32 bits per heavy atom. The zero-order chi connectivity index (χ0) is 15.4. The summed E-state index contributed by atoms with van der Waals surface area (Å²) in [5.41, 5.74) is -0.0776. The molecule has 0 saturated heterocycles. The van der Waals surface area contributed by atoms with E-state index >= 15 is 0 Å². The Morgan fingerprint density at radius 1 is 0.682 bits per heavy atom. The van der Waals surface area contributed by atoms with Gasteiger partial charge < -0.3 is 0 Å². The highest BCUT2D eigenvalue weighted by atomic mass is 16.6. The van der Waals surface area contributed by atoms with Crippen molar-refractivity contribution in [3.8, 4) is 0 Å². The Labute approximate surface area is 123 Å². The van der Waals surface area contributed by atoms with Gasteiger partial charge in [0.2, 0.25) is 0 Å². The van der Waals surface area contributed by atoms with Gasteiger partial charge in [-0.15, -0.1) is 0 Å². The highest BCUT2D eigenvalue weighted by Gasteiger charge is 2.22. The second kappa shape index (κ2) is 4.11. The lowest BCUT2D eigenvalue weighted by Crippen LogP contribution is -1.95. The zero-order valence-electron chi connectivity index (χ0n) is 11.1. The Balaban J connectivity index is 2.38. The third-order valence-electron chi connectivity index (χ3n) is 3.99. The van der Waals surface area contributed by atoms with Gasteiger partial charge in [-0.2, -0.15) is 0 Å². The topological polar surface area (TPSA) is 86.3 Å². The zero-order valence-corrected chi connectivity index (χ0v) is 11.1. The van der Waals surface area contributed by atoms with Crippen LogP contribution in [-0.2, 0) is 0 Å². The van der Waals surface area contributed by atoms with Crippen LogP contribution in [0.5, 0.6) is 0 Å². The van der Waals surface area contributed by atoms with Crippen molar-refractivity contribution < 1.29 is 9.85 Å². The largest absolute Gasteiger partial charge is 0.277 e. The normalized spacial score (nSPS) is 11.5. The summed E-state index contributed by atoms with van der Waals surface area (Å²) >= 11 is 0. The second-order valence-electron chi connectivity index (χ2n) is 5.11. The molecule has 4 aromatic rings. The van der Waals surface area contributed by atoms with Crippen molar-refractivity contribution in [2.45, 2.75) is 0 Å². The fraction of sp³-hybridized carbons (Fsp3) is 0. The maximum Gasteiger partial charge on any atom is 0.277 e. The number of nitro groups is 2. The van der Waals surface area contributed by atoms with Crippen molar-refractivity contribution in [2.24, 2.45) is 0 Å². The standard InChI is InChI=1S/C16H8N2O4/c19-17(20)13-7-6-12-14(18(21)22)8-10-3-1-2-9-4-5-11(13)16(12)15(9)10/h1-8H. The minimum Gasteiger partial charge on any atom is -0.258 e. The number of rotatable bonds is 2. The monoisotopic (exact) mass is 292 g/mol. The first kappa shape index (κ1) is 12.5. The molecule has 4 aromatic carbocycles. The smallest absolute Gasteiger partial charge is 0.258 e. The van der Waals surface area contributed by atoms with E-state index in [1.807, 2.05) is 18.2 Å². The van der Waals surface area contributed by atoms with Crippen molar-refractivity contribution in [1.29, 1.82) is 0 Å². The molecule has 0 aliphatic carbocycles. The highest BCUT2D eigenvalue weighted by molar-refractivity contribution is 6.26. The van der Waals surface area contributed by atoms with Crippen LogP contribution in [0, 0.1) is 20.2 Å². The Kier molecular flexibility index (Phi) is 2.33. The fourth-order valence-electron chi connectivity index (χ4n) is 3.11. The lowest BCUT2D eigenvalue weighted by Gasteiger charge is -2.11. The number of benzene rings is 4. The van der Waals surface area contributed by atoms with Crippen LogP contribution in [0.25, 0.3) is 32.3 Å². The van der Waals surface area contributed by atoms with Crippen LogP contribution in [0.2, 0.25) is 0 Å². The van der Waals surface area contributed by atoms with E-state index in [4.69, 9.17) is 0 Å². The first-order valence-electron chi connectivity index (χ1n) is 6.57. The Hall–Kier alpha value is -3.28. The molecule has 0 aliphatic rings. The van der Waals surface area contributed by atoms with Crippen molar-refractivity contribution >= 4 is 43.7 Å². The Bertz CT molecular complexity index is 1080. The molecule has 22 heavy (non-hydrogen) atoms. The molecule has 0 bridgehead atoms. The summed E-state index contributed by atoms with van der Waals surface area (Å²) in [4.78, 5) is 21.7. The lowest BCUT2D eigenvalue weighted by atomic mass is 9.92. The molecule has 0 radical (unpaired) electrons. The van der Waals surface area contributed by atoms with Crippen molar-refractivity contribution in [3.63, 3.8) is 0 Å². The number of non-ortho nitro benzene ring substituents is 2. The predicted molar refractivity (Wildman–Crippen MR) is 83.5 cm³/mol. The van der Waals surface area contributed by atoms with Gasteiger partial charge in [-0.1, -0.05) is 24.3 Å². The van der Waals surface area contributed by atoms with Crippen LogP contribution in [0.4, 0.5) is 11.4 Å². The maximum atomic E-state index is 11.3. The van der Waals surface area contributed by atoms with Crippen LogP contribution in [0.3, 0.4) is 0 Å².